The highest BCUT2D eigenvalue weighted by molar-refractivity contribution is 7.14. The molecule has 0 unspecified atom stereocenters. The van der Waals surface area contributed by atoms with Gasteiger partial charge in [0.2, 0.25) is 0 Å². The minimum atomic E-state index is 0.518. The fourth-order valence-corrected chi connectivity index (χ4v) is 3.52. The van der Waals surface area contributed by atoms with E-state index in [1.807, 2.05) is 11.3 Å². The van der Waals surface area contributed by atoms with Crippen molar-refractivity contribution in [3.8, 4) is 0 Å². The maximum atomic E-state index is 3.51. The highest BCUT2D eigenvalue weighted by Crippen LogP contribution is 2.41. The number of anilines is 1. The molecule has 76 valence electrons. The molecule has 2 aliphatic heterocycles. The number of hydrogen-bond acceptors (Lipinski definition) is 3. The molecule has 0 aromatic carbocycles. The van der Waals surface area contributed by atoms with Gasteiger partial charge in [0.05, 0.1) is 5.00 Å². The zero-order valence-corrected chi connectivity index (χ0v) is 9.31. The van der Waals surface area contributed by atoms with Gasteiger partial charge >= 0.3 is 0 Å². The van der Waals surface area contributed by atoms with Crippen LogP contribution in [-0.4, -0.2) is 26.2 Å². The lowest BCUT2D eigenvalue weighted by molar-refractivity contribution is 0.339. The molecule has 0 aliphatic carbocycles. The predicted molar refractivity (Wildman–Crippen MR) is 61.0 cm³/mol. The second kappa shape index (κ2) is 2.97. The summed E-state index contributed by atoms with van der Waals surface area (Å²) < 4.78 is 0. The van der Waals surface area contributed by atoms with Crippen molar-refractivity contribution in [3.05, 3.63) is 17.5 Å². The largest absolute Gasteiger partial charge is 0.362 e. The first-order chi connectivity index (χ1) is 6.78. The van der Waals surface area contributed by atoms with Crippen molar-refractivity contribution < 1.29 is 0 Å². The Kier molecular flexibility index (Phi) is 1.86. The van der Waals surface area contributed by atoms with Crippen LogP contribution in [0.2, 0.25) is 0 Å². The minimum absolute atomic E-state index is 0.518. The molecule has 1 aromatic heterocycles. The van der Waals surface area contributed by atoms with Crippen LogP contribution >= 0.6 is 11.3 Å². The van der Waals surface area contributed by atoms with E-state index in [-0.39, 0.29) is 0 Å². The molecule has 1 N–H and O–H groups in total. The Bertz CT molecular complexity index is 322. The maximum Gasteiger partial charge on any atom is 0.0908 e. The van der Waals surface area contributed by atoms with Crippen molar-refractivity contribution in [2.75, 3.05) is 31.1 Å². The molecule has 2 aliphatic rings. The summed E-state index contributed by atoms with van der Waals surface area (Å²) in [4.78, 5) is 2.55. The van der Waals surface area contributed by atoms with Crippen LogP contribution in [0.1, 0.15) is 6.92 Å². The molecule has 0 radical (unpaired) electrons. The molecule has 1 aromatic rings. The normalized spacial score (nSPS) is 36.4. The zero-order chi connectivity index (χ0) is 9.60. The molecule has 0 amide bonds. The van der Waals surface area contributed by atoms with Gasteiger partial charge in [-0.15, -0.1) is 11.3 Å². The van der Waals surface area contributed by atoms with Gasteiger partial charge in [-0.25, -0.2) is 0 Å². The summed E-state index contributed by atoms with van der Waals surface area (Å²) in [6.07, 6.45) is 0. The molecule has 2 atom stereocenters. The first kappa shape index (κ1) is 8.74. The van der Waals surface area contributed by atoms with Crippen LogP contribution < -0.4 is 10.2 Å². The lowest BCUT2D eigenvalue weighted by Crippen LogP contribution is -2.29. The van der Waals surface area contributed by atoms with Crippen LogP contribution in [0, 0.1) is 11.3 Å². The third-order valence-electron chi connectivity index (χ3n) is 3.72. The second-order valence-corrected chi connectivity index (χ2v) is 5.74. The van der Waals surface area contributed by atoms with Gasteiger partial charge < -0.3 is 10.2 Å². The molecule has 2 saturated heterocycles. The van der Waals surface area contributed by atoms with E-state index >= 15 is 0 Å². The number of nitrogens with zero attached hydrogens (tertiary/aromatic N) is 1. The van der Waals surface area contributed by atoms with Crippen molar-refractivity contribution in [2.24, 2.45) is 11.3 Å². The monoisotopic (exact) mass is 208 g/mol. The summed E-state index contributed by atoms with van der Waals surface area (Å²) in [5.74, 6) is 0.851. The summed E-state index contributed by atoms with van der Waals surface area (Å²) in [6, 6.07) is 4.39. The fourth-order valence-electron chi connectivity index (χ4n) is 2.78. The van der Waals surface area contributed by atoms with E-state index in [2.05, 4.69) is 34.7 Å². The maximum absolute atomic E-state index is 3.51. The summed E-state index contributed by atoms with van der Waals surface area (Å²) in [7, 11) is 0. The Morgan fingerprint density at radius 3 is 3.29 bits per heavy atom. The highest BCUT2D eigenvalue weighted by atomic mass is 32.1. The standard InChI is InChI=1S/C11H16N2S/c1-11-7-12-5-9(11)6-13(8-11)10-3-2-4-14-10/h2-4,9,12H,5-8H2,1H3/t9-,11+/m0/s1. The molecular formula is C11H16N2S. The Labute approximate surface area is 88.9 Å². The van der Waals surface area contributed by atoms with E-state index in [1.165, 1.54) is 31.2 Å². The van der Waals surface area contributed by atoms with Gasteiger partial charge in [0.1, 0.15) is 0 Å². The third kappa shape index (κ3) is 1.19. The molecule has 3 heterocycles. The molecule has 14 heavy (non-hydrogen) atoms. The van der Waals surface area contributed by atoms with Crippen molar-refractivity contribution in [1.82, 2.24) is 5.32 Å². The van der Waals surface area contributed by atoms with Gasteiger partial charge in [0.25, 0.3) is 0 Å². The first-order valence-electron chi connectivity index (χ1n) is 5.27. The summed E-state index contributed by atoms with van der Waals surface area (Å²) >= 11 is 1.86. The quantitative estimate of drug-likeness (QED) is 0.757. The first-order valence-corrected chi connectivity index (χ1v) is 6.15. The second-order valence-electron chi connectivity index (χ2n) is 4.81. The van der Waals surface area contributed by atoms with Crippen LogP contribution in [0.4, 0.5) is 5.00 Å². The average molecular weight is 208 g/mol. The Hall–Kier alpha value is -0.540. The Morgan fingerprint density at radius 2 is 2.57 bits per heavy atom. The van der Waals surface area contributed by atoms with Gasteiger partial charge in [-0.3, -0.25) is 0 Å². The molecule has 0 spiro atoms. The van der Waals surface area contributed by atoms with Crippen LogP contribution in [-0.2, 0) is 0 Å². The van der Waals surface area contributed by atoms with Gasteiger partial charge in [0.15, 0.2) is 0 Å². The lowest BCUT2D eigenvalue weighted by atomic mass is 9.83. The minimum Gasteiger partial charge on any atom is -0.362 e. The third-order valence-corrected chi connectivity index (χ3v) is 4.64. The molecule has 0 bridgehead atoms. The number of fused-ring (bicyclic) bond motifs is 1. The van der Waals surface area contributed by atoms with Crippen LogP contribution in [0.25, 0.3) is 0 Å². The lowest BCUT2D eigenvalue weighted by Gasteiger charge is -2.22. The SMILES string of the molecule is C[C@]12CNC[C@H]1CN(c1cccs1)C2. The van der Waals surface area contributed by atoms with Crippen molar-refractivity contribution in [2.45, 2.75) is 6.92 Å². The van der Waals surface area contributed by atoms with Gasteiger partial charge in [0, 0.05) is 31.6 Å². The van der Waals surface area contributed by atoms with E-state index < -0.39 is 0 Å². The number of hydrogen-bond donors (Lipinski definition) is 1. The topological polar surface area (TPSA) is 15.3 Å². The van der Waals surface area contributed by atoms with E-state index in [4.69, 9.17) is 0 Å². The van der Waals surface area contributed by atoms with E-state index in [0.29, 0.717) is 5.41 Å². The van der Waals surface area contributed by atoms with Crippen molar-refractivity contribution >= 4 is 16.3 Å². The van der Waals surface area contributed by atoms with Gasteiger partial charge in [-0.1, -0.05) is 6.92 Å². The molecule has 3 heteroatoms. The molecular weight excluding hydrogens is 192 g/mol. The van der Waals surface area contributed by atoms with E-state index in [1.54, 1.807) is 0 Å². The average Bonchev–Trinajstić information content (AvgIpc) is 2.75. The smallest absolute Gasteiger partial charge is 0.0908 e. The summed E-state index contributed by atoms with van der Waals surface area (Å²) in [6.45, 7) is 7.29. The molecule has 0 saturated carbocycles. The van der Waals surface area contributed by atoms with Crippen molar-refractivity contribution in [3.63, 3.8) is 0 Å². The van der Waals surface area contributed by atoms with Crippen LogP contribution in [0.5, 0.6) is 0 Å². The fraction of sp³-hybridized carbons (Fsp3) is 0.636. The summed E-state index contributed by atoms with van der Waals surface area (Å²) in [5.41, 5.74) is 0.518. The number of nitrogens with one attached hydrogen (secondary N) is 1. The number of thiophene rings is 1. The van der Waals surface area contributed by atoms with Gasteiger partial charge in [-0.05, 0) is 23.4 Å². The Morgan fingerprint density at radius 1 is 1.64 bits per heavy atom. The van der Waals surface area contributed by atoms with Gasteiger partial charge in [-0.2, -0.15) is 0 Å². The van der Waals surface area contributed by atoms with Crippen LogP contribution in [0.15, 0.2) is 17.5 Å². The molecule has 3 rings (SSSR count). The molecule has 2 fully saturated rings. The predicted octanol–water partition coefficient (Wildman–Crippen LogP) is 1.79. The van der Waals surface area contributed by atoms with E-state index in [0.717, 1.165) is 5.92 Å². The molecule has 2 nitrogen and oxygen atoms in total. The number of rotatable bonds is 1. The van der Waals surface area contributed by atoms with Crippen molar-refractivity contribution in [1.29, 1.82) is 0 Å². The van der Waals surface area contributed by atoms with Crippen LogP contribution in [0.3, 0.4) is 0 Å². The Balaban J connectivity index is 1.82. The summed E-state index contributed by atoms with van der Waals surface area (Å²) in [5, 5.41) is 7.12. The highest BCUT2D eigenvalue weighted by Gasteiger charge is 2.46. The van der Waals surface area contributed by atoms with E-state index in [9.17, 15) is 0 Å². The zero-order valence-electron chi connectivity index (χ0n) is 8.49.